The molecule has 0 N–H and O–H groups in total. The van der Waals surface area contributed by atoms with E-state index in [2.05, 4.69) is 12.1 Å². The number of benzene rings is 1. The standard InChI is InChI=1S/C7H7O.K/c1-8-7-5-3-2-4-6-7;/h3-6H,1H3;. The van der Waals surface area contributed by atoms with Crippen molar-refractivity contribution in [1.29, 1.82) is 0 Å². The molecular formula is C7H7KO. The summed E-state index contributed by atoms with van der Waals surface area (Å²) in [6.45, 7) is 0. The summed E-state index contributed by atoms with van der Waals surface area (Å²) in [4.78, 5) is 0. The molecule has 0 heterocycles. The third-order valence-corrected chi connectivity index (χ3v) is 2.30. The van der Waals surface area contributed by atoms with Crippen LogP contribution in [0.15, 0.2) is 24.3 Å². The van der Waals surface area contributed by atoms with Crippen LogP contribution in [0.4, 0.5) is 0 Å². The molecule has 2 heteroatoms. The Labute approximate surface area is 89.0 Å². The van der Waals surface area contributed by atoms with Gasteiger partial charge in [-0.1, -0.05) is 0 Å². The molecule has 0 spiro atoms. The van der Waals surface area contributed by atoms with Crippen molar-refractivity contribution in [3.63, 3.8) is 0 Å². The van der Waals surface area contributed by atoms with Crippen LogP contribution >= 0.6 is 0 Å². The van der Waals surface area contributed by atoms with Gasteiger partial charge in [0.25, 0.3) is 0 Å². The van der Waals surface area contributed by atoms with Gasteiger partial charge in [-0.3, -0.25) is 0 Å². The van der Waals surface area contributed by atoms with E-state index in [1.807, 2.05) is 12.1 Å². The summed E-state index contributed by atoms with van der Waals surface area (Å²) in [6.07, 6.45) is 0. The van der Waals surface area contributed by atoms with Crippen molar-refractivity contribution in [1.82, 2.24) is 0 Å². The summed E-state index contributed by atoms with van der Waals surface area (Å²) in [7, 11) is 1.69. The zero-order valence-electron chi connectivity index (χ0n) is 5.72. The van der Waals surface area contributed by atoms with E-state index in [9.17, 15) is 0 Å². The summed E-state index contributed by atoms with van der Waals surface area (Å²) in [5.41, 5.74) is 0. The summed E-state index contributed by atoms with van der Waals surface area (Å²) < 4.78 is 6.44. The van der Waals surface area contributed by atoms with Crippen LogP contribution in [0, 0.1) is 0 Å². The van der Waals surface area contributed by atoms with Crippen molar-refractivity contribution in [3.8, 4) is 5.75 Å². The summed E-state index contributed by atoms with van der Waals surface area (Å²) in [5, 5.41) is 0. The van der Waals surface area contributed by atoms with E-state index in [0.717, 1.165) is 54.7 Å². The third-order valence-electron chi connectivity index (χ3n) is 1.26. The van der Waals surface area contributed by atoms with Crippen LogP contribution in [-0.4, -0.2) is 56.1 Å². The van der Waals surface area contributed by atoms with Crippen LogP contribution in [0.1, 0.15) is 0 Å². The van der Waals surface area contributed by atoms with E-state index in [4.69, 9.17) is 4.74 Å². The minimum atomic E-state index is 0.791. The van der Waals surface area contributed by atoms with Gasteiger partial charge in [0, 0.05) is 0 Å². The van der Waals surface area contributed by atoms with Crippen molar-refractivity contribution in [2.24, 2.45) is 0 Å². The number of rotatable bonds is 1. The molecule has 0 bridgehead atoms. The first kappa shape index (κ1) is 7.76. The maximum absolute atomic E-state index is 4.99. The Hall–Kier alpha value is 0.656. The van der Waals surface area contributed by atoms with Gasteiger partial charge in [0.2, 0.25) is 0 Å². The number of hydrogen-bond acceptors (Lipinski definition) is 1. The average molecular weight is 146 g/mol. The van der Waals surface area contributed by atoms with Gasteiger partial charge in [-0.2, -0.15) is 0 Å². The van der Waals surface area contributed by atoms with Gasteiger partial charge >= 0.3 is 90.5 Å². The molecule has 0 radical (unpaired) electrons. The van der Waals surface area contributed by atoms with E-state index < -0.39 is 0 Å². The molecule has 0 saturated heterocycles. The van der Waals surface area contributed by atoms with Gasteiger partial charge in [-0.15, -0.1) is 0 Å². The Morgan fingerprint density at radius 1 is 1.22 bits per heavy atom. The van der Waals surface area contributed by atoms with E-state index in [1.165, 1.54) is -0.342 Å². The van der Waals surface area contributed by atoms with Crippen molar-refractivity contribution in [2.75, 3.05) is 7.11 Å². The molecule has 9 heavy (non-hydrogen) atoms. The number of ether oxygens (including phenoxy) is 1. The summed E-state index contributed by atoms with van der Waals surface area (Å²) >= 11 is 0.791. The normalized spacial score (nSPS) is 9.22. The van der Waals surface area contributed by atoms with Gasteiger partial charge in [0.05, 0.1) is 0 Å². The molecule has 1 nitrogen and oxygen atoms in total. The topological polar surface area (TPSA) is 9.23 Å². The predicted octanol–water partition coefficient (Wildman–Crippen LogP) is 0.489. The summed E-state index contributed by atoms with van der Waals surface area (Å²) in [5.74, 6) is 0.947. The SMILES string of the molecule is COc1cc[c]([K])cc1. The number of methoxy groups -OCH3 is 1. The fourth-order valence-corrected chi connectivity index (χ4v) is 1.19. The molecule has 0 aromatic heterocycles. The van der Waals surface area contributed by atoms with Crippen LogP contribution in [-0.2, 0) is 0 Å². The first-order valence-electron chi connectivity index (χ1n) is 2.93. The number of hydrogen-bond donors (Lipinski definition) is 0. The molecule has 0 aliphatic rings. The monoisotopic (exact) mass is 146 g/mol. The molecule has 0 unspecified atom stereocenters. The van der Waals surface area contributed by atoms with E-state index >= 15 is 0 Å². The molecule has 42 valence electrons. The van der Waals surface area contributed by atoms with Crippen LogP contribution in [0.2, 0.25) is 0 Å². The Bertz CT molecular complexity index is 181. The zero-order valence-corrected chi connectivity index (χ0v) is 8.84. The second-order valence-corrected chi connectivity index (χ2v) is 3.82. The van der Waals surface area contributed by atoms with Gasteiger partial charge < -0.3 is 0 Å². The van der Waals surface area contributed by atoms with Crippen LogP contribution < -0.4 is 4.39 Å². The molecule has 0 fully saturated rings. The second-order valence-electron chi connectivity index (χ2n) is 2.02. The predicted molar refractivity (Wildman–Crippen MR) is 38.4 cm³/mol. The van der Waals surface area contributed by atoms with E-state index in [-0.39, 0.29) is 0 Å². The Kier molecular flexibility index (Phi) is 3.22. The Morgan fingerprint density at radius 2 is 1.78 bits per heavy atom. The molecule has 0 amide bonds. The third kappa shape index (κ3) is 2.39. The fourth-order valence-electron chi connectivity index (χ4n) is 0.674. The molecule has 0 aliphatic heterocycles. The molecule has 1 aromatic rings. The van der Waals surface area contributed by atoms with Crippen molar-refractivity contribution >= 4 is 48.6 Å². The van der Waals surface area contributed by atoms with Gasteiger partial charge in [0.1, 0.15) is 0 Å². The first-order chi connectivity index (χ1) is 4.33. The summed E-state index contributed by atoms with van der Waals surface area (Å²) in [6, 6.07) is 8.22. The van der Waals surface area contributed by atoms with Gasteiger partial charge in [0.15, 0.2) is 0 Å². The molecule has 0 saturated carbocycles. The average Bonchev–Trinajstić information content (AvgIpc) is 1.90. The van der Waals surface area contributed by atoms with Crippen molar-refractivity contribution < 1.29 is 4.74 Å². The van der Waals surface area contributed by atoms with Gasteiger partial charge in [-0.05, 0) is 0 Å². The quantitative estimate of drug-likeness (QED) is 0.524. The fraction of sp³-hybridized carbons (Fsp3) is 0.143. The molecule has 0 atom stereocenters. The molecule has 0 aliphatic carbocycles. The zero-order chi connectivity index (χ0) is 6.69. The molecule has 1 aromatic carbocycles. The molecule has 1 rings (SSSR count). The minimum absolute atomic E-state index is 0.791. The Morgan fingerprint density at radius 3 is 2.22 bits per heavy atom. The Balaban J connectivity index is 2.88. The van der Waals surface area contributed by atoms with Crippen LogP contribution in [0.3, 0.4) is 0 Å². The second kappa shape index (κ2) is 3.73. The first-order valence-corrected chi connectivity index (χ1v) is 4.50. The van der Waals surface area contributed by atoms with Crippen LogP contribution in [0.5, 0.6) is 5.75 Å². The van der Waals surface area contributed by atoms with E-state index in [0.29, 0.717) is 0 Å². The molecular weight excluding hydrogens is 139 g/mol. The van der Waals surface area contributed by atoms with E-state index in [1.54, 1.807) is 7.11 Å². The van der Waals surface area contributed by atoms with Crippen LogP contribution in [0.25, 0.3) is 0 Å². The maximum atomic E-state index is 4.99. The van der Waals surface area contributed by atoms with Crippen molar-refractivity contribution in [2.45, 2.75) is 0 Å². The van der Waals surface area contributed by atoms with Gasteiger partial charge in [-0.25, -0.2) is 0 Å². The van der Waals surface area contributed by atoms with Crippen molar-refractivity contribution in [3.05, 3.63) is 24.3 Å².